The number of nitrogens with zero attached hydrogens (tertiary/aromatic N) is 3. The van der Waals surface area contributed by atoms with Crippen LogP contribution in [0.4, 0.5) is 5.82 Å². The Hall–Kier alpha value is -1.16. The molecule has 1 aromatic heterocycles. The van der Waals surface area contributed by atoms with Crippen LogP contribution in [-0.4, -0.2) is 41.0 Å². The van der Waals surface area contributed by atoms with Gasteiger partial charge in [-0.3, -0.25) is 4.98 Å². The Morgan fingerprint density at radius 1 is 1.38 bits per heavy atom. The molecule has 0 amide bonds. The molecule has 1 aliphatic heterocycles. The van der Waals surface area contributed by atoms with Crippen LogP contribution in [0.5, 0.6) is 0 Å². The summed E-state index contributed by atoms with van der Waals surface area (Å²) in [5.41, 5.74) is 0. The van der Waals surface area contributed by atoms with Crippen molar-refractivity contribution in [3.05, 3.63) is 18.6 Å². The van der Waals surface area contributed by atoms with Crippen molar-refractivity contribution in [1.29, 1.82) is 0 Å². The molecule has 1 saturated heterocycles. The summed E-state index contributed by atoms with van der Waals surface area (Å²) < 4.78 is 0. The number of hydrogen-bond donors (Lipinski definition) is 1. The summed E-state index contributed by atoms with van der Waals surface area (Å²) in [6.07, 6.45) is 7.79. The second kappa shape index (κ2) is 5.80. The maximum atomic E-state index is 4.21. The summed E-state index contributed by atoms with van der Waals surface area (Å²) in [5.74, 6) is 1.67. The SMILES string of the molecule is CCN1CCC(CNc2cnccn2)CC1. The number of nitrogens with one attached hydrogen (secondary N) is 1. The molecule has 1 fully saturated rings. The molecule has 0 bridgehead atoms. The molecule has 0 aromatic carbocycles. The fraction of sp³-hybridized carbons (Fsp3) is 0.667. The van der Waals surface area contributed by atoms with E-state index in [2.05, 4.69) is 27.1 Å². The van der Waals surface area contributed by atoms with Gasteiger partial charge in [-0.15, -0.1) is 0 Å². The van der Waals surface area contributed by atoms with Gasteiger partial charge in [0.25, 0.3) is 0 Å². The van der Waals surface area contributed by atoms with E-state index in [1.165, 1.54) is 32.5 Å². The van der Waals surface area contributed by atoms with Gasteiger partial charge in [-0.1, -0.05) is 6.92 Å². The van der Waals surface area contributed by atoms with Crippen molar-refractivity contribution in [3.63, 3.8) is 0 Å². The first-order valence-electron chi connectivity index (χ1n) is 6.10. The largest absolute Gasteiger partial charge is 0.369 e. The summed E-state index contributed by atoms with van der Waals surface area (Å²) in [7, 11) is 0. The van der Waals surface area contributed by atoms with Crippen molar-refractivity contribution in [1.82, 2.24) is 14.9 Å². The van der Waals surface area contributed by atoms with Crippen molar-refractivity contribution in [2.45, 2.75) is 19.8 Å². The maximum Gasteiger partial charge on any atom is 0.144 e. The van der Waals surface area contributed by atoms with Crippen molar-refractivity contribution in [3.8, 4) is 0 Å². The fourth-order valence-electron chi connectivity index (χ4n) is 2.15. The number of piperidine rings is 1. The summed E-state index contributed by atoms with van der Waals surface area (Å²) in [6.45, 7) is 6.92. The molecule has 1 aromatic rings. The first kappa shape index (κ1) is 11.3. The van der Waals surface area contributed by atoms with Crippen molar-refractivity contribution >= 4 is 5.82 Å². The highest BCUT2D eigenvalue weighted by Gasteiger charge is 2.17. The lowest BCUT2D eigenvalue weighted by molar-refractivity contribution is 0.198. The zero-order valence-electron chi connectivity index (χ0n) is 9.89. The van der Waals surface area contributed by atoms with E-state index < -0.39 is 0 Å². The van der Waals surface area contributed by atoms with Gasteiger partial charge in [-0.25, -0.2) is 4.98 Å². The van der Waals surface area contributed by atoms with Crippen LogP contribution in [0, 0.1) is 5.92 Å². The van der Waals surface area contributed by atoms with Gasteiger partial charge in [0.15, 0.2) is 0 Å². The normalized spacial score (nSPS) is 18.6. The molecule has 1 aliphatic rings. The van der Waals surface area contributed by atoms with Crippen molar-refractivity contribution < 1.29 is 0 Å². The van der Waals surface area contributed by atoms with Gasteiger partial charge in [0.1, 0.15) is 5.82 Å². The molecule has 16 heavy (non-hydrogen) atoms. The van der Waals surface area contributed by atoms with Gasteiger partial charge >= 0.3 is 0 Å². The monoisotopic (exact) mass is 220 g/mol. The second-order valence-electron chi connectivity index (χ2n) is 4.35. The van der Waals surface area contributed by atoms with E-state index >= 15 is 0 Å². The van der Waals surface area contributed by atoms with Gasteiger partial charge in [-0.2, -0.15) is 0 Å². The molecular formula is C12H20N4. The molecular weight excluding hydrogens is 200 g/mol. The lowest BCUT2D eigenvalue weighted by atomic mass is 9.97. The minimum Gasteiger partial charge on any atom is -0.369 e. The Morgan fingerprint density at radius 2 is 2.19 bits per heavy atom. The third-order valence-electron chi connectivity index (χ3n) is 3.29. The average Bonchev–Trinajstić information content (AvgIpc) is 2.38. The molecule has 2 rings (SSSR count). The van der Waals surface area contributed by atoms with E-state index in [1.807, 2.05) is 0 Å². The lowest BCUT2D eigenvalue weighted by Crippen LogP contribution is -2.35. The lowest BCUT2D eigenvalue weighted by Gasteiger charge is -2.31. The number of likely N-dealkylation sites (tertiary alicyclic amines) is 1. The van der Waals surface area contributed by atoms with Crippen LogP contribution in [0.1, 0.15) is 19.8 Å². The molecule has 0 unspecified atom stereocenters. The molecule has 0 saturated carbocycles. The minimum absolute atomic E-state index is 0.782. The summed E-state index contributed by atoms with van der Waals surface area (Å²) in [5, 5.41) is 3.36. The Kier molecular flexibility index (Phi) is 4.10. The average molecular weight is 220 g/mol. The Labute approximate surface area is 97.1 Å². The summed E-state index contributed by atoms with van der Waals surface area (Å²) in [6, 6.07) is 0. The Bertz CT molecular complexity index is 293. The van der Waals surface area contributed by atoms with Gasteiger partial charge in [0.05, 0.1) is 6.20 Å². The highest BCUT2D eigenvalue weighted by molar-refractivity contribution is 5.29. The van der Waals surface area contributed by atoms with Crippen LogP contribution in [0.3, 0.4) is 0 Å². The van der Waals surface area contributed by atoms with E-state index in [1.54, 1.807) is 18.6 Å². The van der Waals surface area contributed by atoms with E-state index in [0.717, 1.165) is 18.3 Å². The first-order chi connectivity index (χ1) is 7.88. The summed E-state index contributed by atoms with van der Waals surface area (Å²) in [4.78, 5) is 10.8. The van der Waals surface area contributed by atoms with E-state index in [-0.39, 0.29) is 0 Å². The molecule has 4 nitrogen and oxygen atoms in total. The molecule has 4 heteroatoms. The minimum atomic E-state index is 0.782. The zero-order chi connectivity index (χ0) is 11.2. The predicted octanol–water partition coefficient (Wildman–Crippen LogP) is 1.62. The van der Waals surface area contributed by atoms with Gasteiger partial charge in [-0.05, 0) is 38.4 Å². The van der Waals surface area contributed by atoms with Crippen molar-refractivity contribution in [2.75, 3.05) is 31.5 Å². The van der Waals surface area contributed by atoms with Crippen molar-refractivity contribution in [2.24, 2.45) is 5.92 Å². The third-order valence-corrected chi connectivity index (χ3v) is 3.29. The van der Waals surface area contributed by atoms with Crippen LogP contribution in [0.15, 0.2) is 18.6 Å². The van der Waals surface area contributed by atoms with E-state index in [0.29, 0.717) is 0 Å². The fourth-order valence-corrected chi connectivity index (χ4v) is 2.15. The Morgan fingerprint density at radius 3 is 2.81 bits per heavy atom. The number of hydrogen-bond acceptors (Lipinski definition) is 4. The predicted molar refractivity (Wildman–Crippen MR) is 65.4 cm³/mol. The highest BCUT2D eigenvalue weighted by atomic mass is 15.1. The topological polar surface area (TPSA) is 41.0 Å². The molecule has 1 N–H and O–H groups in total. The second-order valence-corrected chi connectivity index (χ2v) is 4.35. The number of rotatable bonds is 4. The van der Waals surface area contributed by atoms with E-state index in [9.17, 15) is 0 Å². The van der Waals surface area contributed by atoms with Gasteiger partial charge in [0, 0.05) is 18.9 Å². The van der Waals surface area contributed by atoms with Crippen LogP contribution < -0.4 is 5.32 Å². The molecule has 0 radical (unpaired) electrons. The van der Waals surface area contributed by atoms with Gasteiger partial charge < -0.3 is 10.2 Å². The zero-order valence-corrected chi connectivity index (χ0v) is 9.89. The first-order valence-corrected chi connectivity index (χ1v) is 6.10. The Balaban J connectivity index is 1.72. The highest BCUT2D eigenvalue weighted by Crippen LogP contribution is 2.17. The van der Waals surface area contributed by atoms with Crippen LogP contribution >= 0.6 is 0 Å². The molecule has 2 heterocycles. The van der Waals surface area contributed by atoms with Crippen LogP contribution in [0.25, 0.3) is 0 Å². The number of aromatic nitrogens is 2. The summed E-state index contributed by atoms with van der Waals surface area (Å²) >= 11 is 0. The maximum absolute atomic E-state index is 4.21. The quantitative estimate of drug-likeness (QED) is 0.837. The molecule has 0 spiro atoms. The smallest absolute Gasteiger partial charge is 0.144 e. The number of anilines is 1. The van der Waals surface area contributed by atoms with Crippen LogP contribution in [0.2, 0.25) is 0 Å². The van der Waals surface area contributed by atoms with E-state index in [4.69, 9.17) is 0 Å². The van der Waals surface area contributed by atoms with Crippen LogP contribution in [-0.2, 0) is 0 Å². The molecule has 0 atom stereocenters. The van der Waals surface area contributed by atoms with Gasteiger partial charge in [0.2, 0.25) is 0 Å². The molecule has 88 valence electrons. The standard InChI is InChI=1S/C12H20N4/c1-2-16-7-3-11(4-8-16)9-15-12-10-13-5-6-14-12/h5-6,10-11H,2-4,7-9H2,1H3,(H,14,15). The third kappa shape index (κ3) is 3.17. The molecule has 0 aliphatic carbocycles.